The van der Waals surface area contributed by atoms with Gasteiger partial charge >= 0.3 is 6.09 Å². The summed E-state index contributed by atoms with van der Waals surface area (Å²) in [6, 6.07) is 15.6. The lowest BCUT2D eigenvalue weighted by Gasteiger charge is -2.27. The van der Waals surface area contributed by atoms with Crippen LogP contribution >= 0.6 is 11.6 Å². The normalized spacial score (nSPS) is 11.2. The first-order chi connectivity index (χ1) is 13.3. The standard InChI is InChI=1S/C23H30ClNO3/c1-5-14-27-21-11-7-9-19(16-21)17-25(22(26)28-23(2,3)4)13-12-18-8-6-10-20(24)15-18/h6-11,15-16H,5,12-14,17H2,1-4H3. The average molecular weight is 404 g/mol. The number of hydrogen-bond donors (Lipinski definition) is 0. The van der Waals surface area contributed by atoms with E-state index in [0.29, 0.717) is 31.1 Å². The Balaban J connectivity index is 2.12. The summed E-state index contributed by atoms with van der Waals surface area (Å²) in [6.45, 7) is 9.36. The second kappa shape index (κ2) is 10.4. The molecule has 0 aromatic heterocycles. The maximum Gasteiger partial charge on any atom is 0.410 e. The minimum absolute atomic E-state index is 0.325. The van der Waals surface area contributed by atoms with E-state index in [2.05, 4.69) is 6.92 Å². The van der Waals surface area contributed by atoms with Gasteiger partial charge in [-0.2, -0.15) is 0 Å². The topological polar surface area (TPSA) is 38.8 Å². The molecule has 1 amide bonds. The molecule has 0 saturated heterocycles. The molecule has 0 aliphatic carbocycles. The van der Waals surface area contributed by atoms with Crippen molar-refractivity contribution in [3.05, 3.63) is 64.7 Å². The van der Waals surface area contributed by atoms with Crippen molar-refractivity contribution in [1.29, 1.82) is 0 Å². The lowest BCUT2D eigenvalue weighted by molar-refractivity contribution is 0.0235. The summed E-state index contributed by atoms with van der Waals surface area (Å²) in [5.41, 5.74) is 1.55. The van der Waals surface area contributed by atoms with Crippen molar-refractivity contribution in [3.63, 3.8) is 0 Å². The molecule has 0 N–H and O–H groups in total. The smallest absolute Gasteiger partial charge is 0.410 e. The van der Waals surface area contributed by atoms with Gasteiger partial charge in [-0.25, -0.2) is 4.79 Å². The Morgan fingerprint density at radius 1 is 1.07 bits per heavy atom. The van der Waals surface area contributed by atoms with Crippen LogP contribution in [0, 0.1) is 0 Å². The van der Waals surface area contributed by atoms with Gasteiger partial charge in [-0.3, -0.25) is 0 Å². The van der Waals surface area contributed by atoms with Crippen molar-refractivity contribution >= 4 is 17.7 Å². The van der Waals surface area contributed by atoms with Gasteiger partial charge in [-0.15, -0.1) is 0 Å². The molecule has 0 saturated carbocycles. The largest absolute Gasteiger partial charge is 0.494 e. The Labute approximate surface area is 173 Å². The van der Waals surface area contributed by atoms with Crippen LogP contribution in [0.5, 0.6) is 5.75 Å². The summed E-state index contributed by atoms with van der Waals surface area (Å²) in [4.78, 5) is 14.5. The fourth-order valence-corrected chi connectivity index (χ4v) is 2.90. The quantitative estimate of drug-likeness (QED) is 0.533. The van der Waals surface area contributed by atoms with Crippen molar-refractivity contribution in [2.75, 3.05) is 13.2 Å². The van der Waals surface area contributed by atoms with Crippen LogP contribution in [-0.4, -0.2) is 29.7 Å². The molecule has 2 aromatic carbocycles. The first kappa shape index (κ1) is 22.1. The molecule has 152 valence electrons. The van der Waals surface area contributed by atoms with Crippen LogP contribution in [0.1, 0.15) is 45.2 Å². The Bertz CT molecular complexity index is 770. The fourth-order valence-electron chi connectivity index (χ4n) is 2.69. The lowest BCUT2D eigenvalue weighted by Crippen LogP contribution is -2.37. The molecule has 0 aliphatic rings. The van der Waals surface area contributed by atoms with Crippen molar-refractivity contribution in [2.24, 2.45) is 0 Å². The molecule has 0 spiro atoms. The number of carbonyl (C=O) groups excluding carboxylic acids is 1. The van der Waals surface area contributed by atoms with E-state index in [0.717, 1.165) is 23.3 Å². The number of carbonyl (C=O) groups is 1. The molecule has 0 fully saturated rings. The Hall–Kier alpha value is -2.20. The van der Waals surface area contributed by atoms with E-state index in [4.69, 9.17) is 21.1 Å². The van der Waals surface area contributed by atoms with Gasteiger partial charge in [0, 0.05) is 18.1 Å². The van der Waals surface area contributed by atoms with E-state index in [9.17, 15) is 4.79 Å². The summed E-state index contributed by atoms with van der Waals surface area (Å²) in [5.74, 6) is 0.818. The third-order valence-corrected chi connectivity index (χ3v) is 4.19. The predicted octanol–water partition coefficient (Wildman–Crippen LogP) is 6.11. The maximum absolute atomic E-state index is 12.8. The maximum atomic E-state index is 12.8. The fraction of sp³-hybridized carbons (Fsp3) is 0.435. The molecule has 28 heavy (non-hydrogen) atoms. The van der Waals surface area contributed by atoms with E-state index >= 15 is 0 Å². The third-order valence-electron chi connectivity index (χ3n) is 3.96. The molecule has 2 aromatic rings. The highest BCUT2D eigenvalue weighted by atomic mass is 35.5. The minimum atomic E-state index is -0.544. The molecule has 0 bridgehead atoms. The van der Waals surface area contributed by atoms with Crippen LogP contribution in [0.3, 0.4) is 0 Å². The second-order valence-electron chi connectivity index (χ2n) is 7.78. The highest BCUT2D eigenvalue weighted by Gasteiger charge is 2.22. The van der Waals surface area contributed by atoms with Crippen LogP contribution in [-0.2, 0) is 17.7 Å². The zero-order chi connectivity index (χ0) is 20.6. The van der Waals surface area contributed by atoms with Crippen molar-refractivity contribution in [3.8, 4) is 5.75 Å². The van der Waals surface area contributed by atoms with E-state index < -0.39 is 5.60 Å². The molecule has 0 heterocycles. The van der Waals surface area contributed by atoms with E-state index in [1.54, 1.807) is 4.90 Å². The summed E-state index contributed by atoms with van der Waals surface area (Å²) in [7, 11) is 0. The summed E-state index contributed by atoms with van der Waals surface area (Å²) < 4.78 is 11.3. The predicted molar refractivity (Wildman–Crippen MR) is 114 cm³/mol. The molecular weight excluding hydrogens is 374 g/mol. The summed E-state index contributed by atoms with van der Waals surface area (Å²) in [5, 5.41) is 0.696. The van der Waals surface area contributed by atoms with Crippen LogP contribution in [0.25, 0.3) is 0 Å². The average Bonchev–Trinajstić information content (AvgIpc) is 2.62. The van der Waals surface area contributed by atoms with Gasteiger partial charge in [0.15, 0.2) is 0 Å². The minimum Gasteiger partial charge on any atom is -0.494 e. The van der Waals surface area contributed by atoms with Crippen molar-refractivity contribution in [1.82, 2.24) is 4.90 Å². The number of rotatable bonds is 8. The SMILES string of the molecule is CCCOc1cccc(CN(CCc2cccc(Cl)c2)C(=O)OC(C)(C)C)c1. The van der Waals surface area contributed by atoms with E-state index in [1.165, 1.54) is 0 Å². The summed E-state index contributed by atoms with van der Waals surface area (Å²) in [6.07, 6.45) is 1.33. The van der Waals surface area contributed by atoms with Crippen molar-refractivity contribution < 1.29 is 14.3 Å². The molecule has 0 aliphatic heterocycles. The van der Waals surface area contributed by atoms with Crippen LogP contribution in [0.4, 0.5) is 4.79 Å². The molecule has 5 heteroatoms. The van der Waals surface area contributed by atoms with Gasteiger partial charge < -0.3 is 14.4 Å². The molecule has 0 radical (unpaired) electrons. The van der Waals surface area contributed by atoms with Gasteiger partial charge in [0.05, 0.1) is 6.61 Å². The zero-order valence-corrected chi connectivity index (χ0v) is 18.0. The number of amides is 1. The van der Waals surface area contributed by atoms with Gasteiger partial charge in [-0.1, -0.05) is 42.8 Å². The highest BCUT2D eigenvalue weighted by Crippen LogP contribution is 2.18. The van der Waals surface area contributed by atoms with Gasteiger partial charge in [-0.05, 0) is 69.0 Å². The van der Waals surface area contributed by atoms with E-state index in [-0.39, 0.29) is 6.09 Å². The Morgan fingerprint density at radius 2 is 1.79 bits per heavy atom. The number of nitrogens with zero attached hydrogens (tertiary/aromatic N) is 1. The third kappa shape index (κ3) is 7.81. The number of benzene rings is 2. The van der Waals surface area contributed by atoms with Crippen LogP contribution in [0.15, 0.2) is 48.5 Å². The molecule has 4 nitrogen and oxygen atoms in total. The highest BCUT2D eigenvalue weighted by molar-refractivity contribution is 6.30. The first-order valence-electron chi connectivity index (χ1n) is 9.71. The van der Waals surface area contributed by atoms with Crippen LogP contribution in [0.2, 0.25) is 5.02 Å². The number of halogens is 1. The zero-order valence-electron chi connectivity index (χ0n) is 17.2. The Morgan fingerprint density at radius 3 is 2.46 bits per heavy atom. The summed E-state index contributed by atoms with van der Waals surface area (Å²) >= 11 is 6.08. The lowest BCUT2D eigenvalue weighted by atomic mass is 10.1. The van der Waals surface area contributed by atoms with E-state index in [1.807, 2.05) is 69.3 Å². The molecular formula is C23H30ClNO3. The molecule has 2 rings (SSSR count). The number of hydrogen-bond acceptors (Lipinski definition) is 3. The van der Waals surface area contributed by atoms with Gasteiger partial charge in [0.25, 0.3) is 0 Å². The second-order valence-corrected chi connectivity index (χ2v) is 8.21. The van der Waals surface area contributed by atoms with Gasteiger partial charge in [0.1, 0.15) is 11.4 Å². The molecule has 0 atom stereocenters. The first-order valence-corrected chi connectivity index (χ1v) is 10.1. The van der Waals surface area contributed by atoms with Crippen molar-refractivity contribution in [2.45, 2.75) is 52.7 Å². The number of ether oxygens (including phenoxy) is 2. The van der Waals surface area contributed by atoms with Crippen LogP contribution < -0.4 is 4.74 Å². The Kier molecular flexibility index (Phi) is 8.18. The molecule has 0 unspecified atom stereocenters. The van der Waals surface area contributed by atoms with Gasteiger partial charge in [0.2, 0.25) is 0 Å². The monoisotopic (exact) mass is 403 g/mol.